The van der Waals surface area contributed by atoms with Crippen molar-refractivity contribution in [3.63, 3.8) is 0 Å². The number of hydrogen-bond donors (Lipinski definition) is 1. The lowest BCUT2D eigenvalue weighted by Gasteiger charge is -2.43. The topological polar surface area (TPSA) is 41.6 Å². The van der Waals surface area contributed by atoms with Gasteiger partial charge in [-0.05, 0) is 38.0 Å². The number of ether oxygens (including phenoxy) is 1. The van der Waals surface area contributed by atoms with E-state index in [0.717, 1.165) is 31.5 Å². The molecule has 122 valence electrons. The van der Waals surface area contributed by atoms with Crippen molar-refractivity contribution in [1.29, 1.82) is 0 Å². The molecule has 4 heteroatoms. The van der Waals surface area contributed by atoms with E-state index in [0.29, 0.717) is 12.6 Å². The summed E-state index contributed by atoms with van der Waals surface area (Å²) >= 11 is 0. The van der Waals surface area contributed by atoms with E-state index in [2.05, 4.69) is 24.1 Å². The number of nitrogens with zero attached hydrogens (tertiary/aromatic N) is 1. The predicted octanol–water partition coefficient (Wildman–Crippen LogP) is 2.43. The van der Waals surface area contributed by atoms with Crippen molar-refractivity contribution < 1.29 is 9.53 Å². The molecule has 1 heterocycles. The van der Waals surface area contributed by atoms with E-state index in [1.54, 1.807) is 0 Å². The Balaban J connectivity index is 1.97. The zero-order valence-corrected chi connectivity index (χ0v) is 13.9. The minimum Gasteiger partial charge on any atom is -0.465 e. The highest BCUT2D eigenvalue weighted by atomic mass is 16.5. The van der Waals surface area contributed by atoms with Crippen LogP contribution in [-0.2, 0) is 9.53 Å². The first-order valence-corrected chi connectivity index (χ1v) is 8.74. The highest BCUT2D eigenvalue weighted by Gasteiger charge is 2.36. The van der Waals surface area contributed by atoms with Gasteiger partial charge in [0, 0.05) is 25.7 Å². The quantitative estimate of drug-likeness (QED) is 0.791. The molecule has 1 saturated heterocycles. The normalized spacial score (nSPS) is 31.3. The van der Waals surface area contributed by atoms with Gasteiger partial charge in [-0.3, -0.25) is 9.69 Å². The summed E-state index contributed by atoms with van der Waals surface area (Å²) in [7, 11) is 0. The molecule has 0 radical (unpaired) electrons. The fraction of sp³-hybridized carbons (Fsp3) is 0.941. The monoisotopic (exact) mass is 296 g/mol. The maximum atomic E-state index is 12.2. The Morgan fingerprint density at radius 1 is 1.38 bits per heavy atom. The maximum Gasteiger partial charge on any atom is 0.324 e. The first-order valence-electron chi connectivity index (χ1n) is 8.74. The molecule has 0 amide bonds. The molecular weight excluding hydrogens is 264 g/mol. The van der Waals surface area contributed by atoms with Crippen LogP contribution < -0.4 is 5.32 Å². The summed E-state index contributed by atoms with van der Waals surface area (Å²) in [5, 5.41) is 3.34. The number of piperazine rings is 1. The minimum absolute atomic E-state index is 0.0457. The van der Waals surface area contributed by atoms with E-state index in [9.17, 15) is 4.79 Å². The molecule has 0 aromatic rings. The van der Waals surface area contributed by atoms with Crippen LogP contribution in [-0.4, -0.2) is 49.2 Å². The largest absolute Gasteiger partial charge is 0.465 e. The lowest BCUT2D eigenvalue weighted by molar-refractivity contribution is -0.152. The Labute approximate surface area is 129 Å². The van der Waals surface area contributed by atoms with Gasteiger partial charge in [-0.2, -0.15) is 0 Å². The van der Waals surface area contributed by atoms with Gasteiger partial charge in [0.25, 0.3) is 0 Å². The van der Waals surface area contributed by atoms with Crippen molar-refractivity contribution in [2.45, 2.75) is 65.0 Å². The van der Waals surface area contributed by atoms with Gasteiger partial charge in [-0.1, -0.05) is 26.7 Å². The van der Waals surface area contributed by atoms with Crippen LogP contribution >= 0.6 is 0 Å². The van der Waals surface area contributed by atoms with E-state index in [4.69, 9.17) is 4.74 Å². The van der Waals surface area contributed by atoms with E-state index < -0.39 is 0 Å². The highest BCUT2D eigenvalue weighted by molar-refractivity contribution is 5.76. The third kappa shape index (κ3) is 4.68. The second-order valence-electron chi connectivity index (χ2n) is 7.03. The molecule has 2 rings (SSSR count). The summed E-state index contributed by atoms with van der Waals surface area (Å²) in [5.41, 5.74) is 0. The third-order valence-corrected chi connectivity index (χ3v) is 4.87. The van der Waals surface area contributed by atoms with E-state index in [1.165, 1.54) is 32.1 Å². The summed E-state index contributed by atoms with van der Waals surface area (Å²) < 4.78 is 5.27. The van der Waals surface area contributed by atoms with Crippen molar-refractivity contribution in [2.24, 2.45) is 11.8 Å². The van der Waals surface area contributed by atoms with Crippen LogP contribution in [0.3, 0.4) is 0 Å². The van der Waals surface area contributed by atoms with E-state index in [-0.39, 0.29) is 12.0 Å². The van der Waals surface area contributed by atoms with Gasteiger partial charge >= 0.3 is 5.97 Å². The first-order chi connectivity index (χ1) is 10.1. The Morgan fingerprint density at radius 2 is 2.19 bits per heavy atom. The molecule has 3 unspecified atom stereocenters. The molecule has 2 aliphatic rings. The van der Waals surface area contributed by atoms with Gasteiger partial charge in [0.2, 0.25) is 0 Å². The van der Waals surface area contributed by atoms with E-state index in [1.807, 2.05) is 6.92 Å². The molecule has 0 aromatic carbocycles. The summed E-state index contributed by atoms with van der Waals surface area (Å²) in [6.07, 6.45) is 6.50. The van der Waals surface area contributed by atoms with Crippen LogP contribution in [0.1, 0.15) is 52.9 Å². The van der Waals surface area contributed by atoms with Gasteiger partial charge in [0.05, 0.1) is 6.61 Å². The lowest BCUT2D eigenvalue weighted by atomic mass is 9.80. The van der Waals surface area contributed by atoms with Crippen LogP contribution in [0.15, 0.2) is 0 Å². The zero-order chi connectivity index (χ0) is 15.2. The fourth-order valence-corrected chi connectivity index (χ4v) is 4.06. The van der Waals surface area contributed by atoms with Gasteiger partial charge in [-0.15, -0.1) is 0 Å². The molecule has 21 heavy (non-hydrogen) atoms. The summed E-state index contributed by atoms with van der Waals surface area (Å²) in [6.45, 7) is 9.70. The van der Waals surface area contributed by atoms with Crippen molar-refractivity contribution in [1.82, 2.24) is 10.2 Å². The number of carbonyl (C=O) groups excluding carboxylic acids is 1. The lowest BCUT2D eigenvalue weighted by Crippen LogP contribution is -2.59. The molecule has 4 nitrogen and oxygen atoms in total. The fourth-order valence-electron chi connectivity index (χ4n) is 4.06. The summed E-state index contributed by atoms with van der Waals surface area (Å²) in [5.74, 6) is 1.56. The summed E-state index contributed by atoms with van der Waals surface area (Å²) in [6, 6.07) is 0.487. The standard InChI is InChI=1S/C17H32N2O2/c1-4-21-17(20)16-12-18-8-9-19(16)15-7-5-6-14(11-15)10-13(2)3/h13-16,18H,4-12H2,1-3H3. The highest BCUT2D eigenvalue weighted by Crippen LogP contribution is 2.33. The number of esters is 1. The Morgan fingerprint density at radius 3 is 2.90 bits per heavy atom. The van der Waals surface area contributed by atoms with Gasteiger partial charge in [0.15, 0.2) is 0 Å². The smallest absolute Gasteiger partial charge is 0.324 e. The number of carbonyl (C=O) groups is 1. The van der Waals surface area contributed by atoms with Crippen molar-refractivity contribution >= 4 is 5.97 Å². The SMILES string of the molecule is CCOC(=O)C1CNCCN1C1CCCC(CC(C)C)C1. The van der Waals surface area contributed by atoms with Gasteiger partial charge < -0.3 is 10.1 Å². The van der Waals surface area contributed by atoms with Crippen LogP contribution in [0.4, 0.5) is 0 Å². The first kappa shape index (κ1) is 16.8. The van der Waals surface area contributed by atoms with Gasteiger partial charge in [-0.25, -0.2) is 0 Å². The maximum absolute atomic E-state index is 12.2. The van der Waals surface area contributed by atoms with E-state index >= 15 is 0 Å². The average Bonchev–Trinajstić information content (AvgIpc) is 2.47. The number of rotatable bonds is 5. The molecule has 1 aliphatic carbocycles. The predicted molar refractivity (Wildman–Crippen MR) is 85.2 cm³/mol. The van der Waals surface area contributed by atoms with Crippen LogP contribution in [0, 0.1) is 11.8 Å². The Kier molecular flexibility index (Phi) is 6.49. The molecule has 1 aliphatic heterocycles. The minimum atomic E-state index is -0.0819. The molecular formula is C17H32N2O2. The average molecular weight is 296 g/mol. The van der Waals surface area contributed by atoms with Crippen molar-refractivity contribution in [3.05, 3.63) is 0 Å². The summed E-state index contributed by atoms with van der Waals surface area (Å²) in [4.78, 5) is 14.6. The second-order valence-corrected chi connectivity index (χ2v) is 7.03. The molecule has 1 N–H and O–H groups in total. The van der Waals surface area contributed by atoms with Crippen molar-refractivity contribution in [3.8, 4) is 0 Å². The molecule has 0 spiro atoms. The molecule has 2 fully saturated rings. The number of nitrogens with one attached hydrogen (secondary N) is 1. The Hall–Kier alpha value is -0.610. The third-order valence-electron chi connectivity index (χ3n) is 4.87. The molecule has 3 atom stereocenters. The van der Waals surface area contributed by atoms with Crippen molar-refractivity contribution in [2.75, 3.05) is 26.2 Å². The Bertz CT molecular complexity index is 333. The molecule has 1 saturated carbocycles. The number of hydrogen-bond acceptors (Lipinski definition) is 4. The van der Waals surface area contributed by atoms with Crippen LogP contribution in [0.5, 0.6) is 0 Å². The molecule has 0 bridgehead atoms. The van der Waals surface area contributed by atoms with Crippen LogP contribution in [0.2, 0.25) is 0 Å². The second kappa shape index (κ2) is 8.14. The van der Waals surface area contributed by atoms with Crippen LogP contribution in [0.25, 0.3) is 0 Å². The zero-order valence-electron chi connectivity index (χ0n) is 13.9. The van der Waals surface area contributed by atoms with Gasteiger partial charge in [0.1, 0.15) is 6.04 Å². The molecule has 0 aromatic heterocycles.